The highest BCUT2D eigenvalue weighted by molar-refractivity contribution is 7.93. The summed E-state index contributed by atoms with van der Waals surface area (Å²) in [5, 5.41) is 1.44. The fraction of sp³-hybridized carbons (Fsp3) is 0. The van der Waals surface area contributed by atoms with Crippen molar-refractivity contribution in [2.45, 2.75) is 9.24 Å². The molecule has 0 saturated carbocycles. The van der Waals surface area contributed by atoms with Gasteiger partial charge in [-0.1, -0.05) is 0 Å². The SMILES string of the molecule is [B]c1csc(S(=O)(=O)c2ccc(F)cc2)n1. The smallest absolute Gasteiger partial charge is 0.233 e. The summed E-state index contributed by atoms with van der Waals surface area (Å²) in [4.78, 5) is 3.70. The van der Waals surface area contributed by atoms with E-state index in [4.69, 9.17) is 7.85 Å². The van der Waals surface area contributed by atoms with E-state index in [1.807, 2.05) is 0 Å². The second-order valence-corrected chi connectivity index (χ2v) is 5.98. The summed E-state index contributed by atoms with van der Waals surface area (Å²) in [6, 6.07) is 4.57. The van der Waals surface area contributed by atoms with Gasteiger partial charge in [0.15, 0.2) is 0 Å². The van der Waals surface area contributed by atoms with Crippen LogP contribution in [-0.2, 0) is 9.84 Å². The van der Waals surface area contributed by atoms with Crippen molar-refractivity contribution in [3.63, 3.8) is 0 Å². The molecule has 1 heterocycles. The van der Waals surface area contributed by atoms with Crippen molar-refractivity contribution in [1.82, 2.24) is 4.98 Å². The summed E-state index contributed by atoms with van der Waals surface area (Å²) in [5.41, 5.74) is 0.158. The average molecular weight is 253 g/mol. The minimum Gasteiger partial charge on any atom is -0.242 e. The van der Waals surface area contributed by atoms with Gasteiger partial charge in [0.25, 0.3) is 0 Å². The third kappa shape index (κ3) is 2.01. The van der Waals surface area contributed by atoms with Crippen LogP contribution in [0.5, 0.6) is 0 Å². The summed E-state index contributed by atoms with van der Waals surface area (Å²) < 4.78 is 36.4. The Bertz CT molecular complexity index is 607. The standard InChI is InChI=1S/C9H5BFNO2S2/c10-8-5-15-9(12-8)16(13,14)7-3-1-6(11)2-4-7/h1-5H. The lowest BCUT2D eigenvalue weighted by atomic mass is 10.1. The van der Waals surface area contributed by atoms with E-state index in [0.29, 0.717) is 0 Å². The Morgan fingerprint density at radius 2 is 1.88 bits per heavy atom. The lowest BCUT2D eigenvalue weighted by Gasteiger charge is -1.99. The van der Waals surface area contributed by atoms with Gasteiger partial charge in [0.2, 0.25) is 14.2 Å². The maximum Gasteiger partial charge on any atom is 0.233 e. The molecular weight excluding hydrogens is 248 g/mol. The van der Waals surface area contributed by atoms with Crippen molar-refractivity contribution >= 4 is 34.6 Å². The summed E-state index contributed by atoms with van der Waals surface area (Å²) in [6.45, 7) is 0. The predicted molar refractivity (Wildman–Crippen MR) is 59.4 cm³/mol. The molecular formula is C9H5BFNO2S2. The molecule has 0 amide bonds. The van der Waals surface area contributed by atoms with E-state index in [9.17, 15) is 12.8 Å². The van der Waals surface area contributed by atoms with E-state index >= 15 is 0 Å². The highest BCUT2D eigenvalue weighted by Crippen LogP contribution is 2.21. The highest BCUT2D eigenvalue weighted by atomic mass is 32.2. The molecule has 80 valence electrons. The largest absolute Gasteiger partial charge is 0.242 e. The number of benzene rings is 1. The van der Waals surface area contributed by atoms with Crippen molar-refractivity contribution < 1.29 is 12.8 Å². The Kier molecular flexibility index (Phi) is 2.81. The van der Waals surface area contributed by atoms with Crippen molar-refractivity contribution in [3.8, 4) is 0 Å². The number of aromatic nitrogens is 1. The van der Waals surface area contributed by atoms with Gasteiger partial charge in [-0.25, -0.2) is 17.8 Å². The molecule has 3 nitrogen and oxygen atoms in total. The zero-order valence-electron chi connectivity index (χ0n) is 7.92. The summed E-state index contributed by atoms with van der Waals surface area (Å²) in [5.74, 6) is -0.488. The van der Waals surface area contributed by atoms with Crippen LogP contribution >= 0.6 is 11.3 Å². The lowest BCUT2D eigenvalue weighted by molar-refractivity contribution is 0.594. The molecule has 0 bridgehead atoms. The molecule has 16 heavy (non-hydrogen) atoms. The van der Waals surface area contributed by atoms with Gasteiger partial charge in [-0.3, -0.25) is 0 Å². The molecule has 2 radical (unpaired) electrons. The number of hydrogen-bond donors (Lipinski definition) is 0. The van der Waals surface area contributed by atoms with Gasteiger partial charge < -0.3 is 0 Å². The minimum absolute atomic E-state index is 0.00301. The second-order valence-electron chi connectivity index (χ2n) is 3.00. The van der Waals surface area contributed by atoms with Gasteiger partial charge in [0.1, 0.15) is 13.7 Å². The molecule has 7 heteroatoms. The van der Waals surface area contributed by atoms with Gasteiger partial charge in [-0.2, -0.15) is 0 Å². The monoisotopic (exact) mass is 253 g/mol. The van der Waals surface area contributed by atoms with Crippen LogP contribution in [0.2, 0.25) is 0 Å². The predicted octanol–water partition coefficient (Wildman–Crippen LogP) is 0.909. The molecule has 0 atom stereocenters. The molecule has 0 unspecified atom stereocenters. The van der Waals surface area contributed by atoms with Crippen LogP contribution < -0.4 is 5.59 Å². The Balaban J connectivity index is 2.51. The van der Waals surface area contributed by atoms with Crippen molar-refractivity contribution in [3.05, 3.63) is 35.5 Å². The Hall–Kier alpha value is -1.21. The molecule has 0 aliphatic heterocycles. The molecule has 1 aromatic carbocycles. The van der Waals surface area contributed by atoms with Crippen LogP contribution in [0.15, 0.2) is 38.9 Å². The van der Waals surface area contributed by atoms with Crippen LogP contribution in [0.1, 0.15) is 0 Å². The van der Waals surface area contributed by atoms with Crippen molar-refractivity contribution in [2.24, 2.45) is 0 Å². The molecule has 0 fully saturated rings. The van der Waals surface area contributed by atoms with Crippen LogP contribution in [0.3, 0.4) is 0 Å². The van der Waals surface area contributed by atoms with Crippen molar-refractivity contribution in [1.29, 1.82) is 0 Å². The summed E-state index contributed by atoms with van der Waals surface area (Å²) in [7, 11) is 1.68. The van der Waals surface area contributed by atoms with Crippen molar-refractivity contribution in [2.75, 3.05) is 0 Å². The molecule has 0 N–H and O–H groups in total. The first-order chi connectivity index (χ1) is 7.50. The third-order valence-electron chi connectivity index (χ3n) is 1.85. The van der Waals surface area contributed by atoms with Crippen LogP contribution in [0.25, 0.3) is 0 Å². The molecule has 1 aromatic heterocycles. The fourth-order valence-corrected chi connectivity index (χ4v) is 3.40. The zero-order valence-corrected chi connectivity index (χ0v) is 9.56. The maximum absolute atomic E-state index is 12.7. The molecule has 2 rings (SSSR count). The number of hydrogen-bond acceptors (Lipinski definition) is 4. The lowest BCUT2D eigenvalue weighted by Crippen LogP contribution is -2.07. The number of halogens is 1. The minimum atomic E-state index is -3.67. The number of rotatable bonds is 2. The van der Waals surface area contributed by atoms with Gasteiger partial charge in [-0.05, 0) is 29.9 Å². The first-order valence-corrected chi connectivity index (χ1v) is 6.58. The average Bonchev–Trinajstić information content (AvgIpc) is 2.66. The van der Waals surface area contributed by atoms with E-state index in [2.05, 4.69) is 4.98 Å². The first-order valence-electron chi connectivity index (χ1n) is 4.22. The number of sulfone groups is 1. The van der Waals surface area contributed by atoms with Crippen LogP contribution in [0.4, 0.5) is 4.39 Å². The second kappa shape index (κ2) is 3.99. The van der Waals surface area contributed by atoms with Crippen LogP contribution in [-0.4, -0.2) is 21.2 Å². The molecule has 0 saturated heterocycles. The normalized spacial score (nSPS) is 11.6. The molecule has 0 aliphatic rings. The first kappa shape index (κ1) is 11.3. The highest BCUT2D eigenvalue weighted by Gasteiger charge is 2.20. The number of nitrogens with zero attached hydrogens (tertiary/aromatic N) is 1. The Morgan fingerprint density at radius 1 is 1.25 bits per heavy atom. The molecule has 2 aromatic rings. The zero-order chi connectivity index (χ0) is 11.8. The Labute approximate surface area is 97.3 Å². The molecule has 0 aliphatic carbocycles. The topological polar surface area (TPSA) is 47.0 Å². The van der Waals surface area contributed by atoms with Crippen LogP contribution in [0, 0.1) is 5.82 Å². The van der Waals surface area contributed by atoms with Gasteiger partial charge in [0, 0.05) is 5.38 Å². The van der Waals surface area contributed by atoms with Gasteiger partial charge in [-0.15, -0.1) is 11.3 Å². The summed E-state index contributed by atoms with van der Waals surface area (Å²) in [6.07, 6.45) is 0. The van der Waals surface area contributed by atoms with E-state index < -0.39 is 15.7 Å². The maximum atomic E-state index is 12.7. The van der Waals surface area contributed by atoms with Gasteiger partial charge >= 0.3 is 0 Å². The van der Waals surface area contributed by atoms with E-state index in [-0.39, 0.29) is 14.8 Å². The third-order valence-corrected chi connectivity index (χ3v) is 4.90. The quantitative estimate of drug-likeness (QED) is 0.590. The van der Waals surface area contributed by atoms with E-state index in [1.54, 1.807) is 0 Å². The number of thiazole rings is 1. The van der Waals surface area contributed by atoms with E-state index in [0.717, 1.165) is 23.5 Å². The summed E-state index contributed by atoms with van der Waals surface area (Å²) >= 11 is 0.938. The molecule has 0 spiro atoms. The van der Waals surface area contributed by atoms with Gasteiger partial charge in [0.05, 0.1) is 4.90 Å². The fourth-order valence-electron chi connectivity index (χ4n) is 1.11. The van der Waals surface area contributed by atoms with E-state index in [1.165, 1.54) is 17.5 Å². The Morgan fingerprint density at radius 3 is 2.38 bits per heavy atom.